The van der Waals surface area contributed by atoms with Gasteiger partial charge in [0.25, 0.3) is 0 Å². The summed E-state index contributed by atoms with van der Waals surface area (Å²) in [6.07, 6.45) is 2.65. The minimum atomic E-state index is 0.265. The molecule has 3 nitrogen and oxygen atoms in total. The Morgan fingerprint density at radius 3 is 2.39 bits per heavy atom. The van der Waals surface area contributed by atoms with E-state index >= 15 is 0 Å². The first-order valence-electron chi connectivity index (χ1n) is 6.80. The Labute approximate surface area is 109 Å². The summed E-state index contributed by atoms with van der Waals surface area (Å²) in [6.45, 7) is 5.88. The highest BCUT2D eigenvalue weighted by Gasteiger charge is 2.14. The van der Waals surface area contributed by atoms with E-state index in [0.29, 0.717) is 6.42 Å². The zero-order valence-corrected chi connectivity index (χ0v) is 11.1. The summed E-state index contributed by atoms with van der Waals surface area (Å²) in [5.74, 6) is 0.265. The lowest BCUT2D eigenvalue weighted by Gasteiger charge is -2.25. The van der Waals surface area contributed by atoms with E-state index < -0.39 is 0 Å². The van der Waals surface area contributed by atoms with Crippen molar-refractivity contribution in [2.24, 2.45) is 0 Å². The SMILES string of the molecule is Cc1ccc(CC(=O)N2CCCNCCC2)cc1. The highest BCUT2D eigenvalue weighted by molar-refractivity contribution is 5.78. The lowest BCUT2D eigenvalue weighted by atomic mass is 10.1. The third-order valence-electron chi connectivity index (χ3n) is 3.39. The van der Waals surface area contributed by atoms with Crippen LogP contribution < -0.4 is 5.32 Å². The molecule has 3 heteroatoms. The molecule has 1 saturated heterocycles. The maximum absolute atomic E-state index is 12.2. The topological polar surface area (TPSA) is 32.3 Å². The van der Waals surface area contributed by atoms with E-state index in [2.05, 4.69) is 36.5 Å². The average Bonchev–Trinajstić information content (AvgIpc) is 2.31. The molecule has 0 radical (unpaired) electrons. The van der Waals surface area contributed by atoms with Gasteiger partial charge in [-0.3, -0.25) is 4.79 Å². The predicted molar refractivity (Wildman–Crippen MR) is 73.6 cm³/mol. The Morgan fingerprint density at radius 1 is 1.17 bits per heavy atom. The molecule has 2 rings (SSSR count). The van der Waals surface area contributed by atoms with E-state index in [9.17, 15) is 4.79 Å². The summed E-state index contributed by atoms with van der Waals surface area (Å²) < 4.78 is 0. The van der Waals surface area contributed by atoms with E-state index in [1.807, 2.05) is 4.90 Å². The predicted octanol–water partition coefficient (Wildman–Crippen LogP) is 1.75. The molecular weight excluding hydrogens is 224 g/mol. The molecule has 98 valence electrons. The smallest absolute Gasteiger partial charge is 0.226 e. The number of amides is 1. The molecule has 1 fully saturated rings. The molecule has 1 aromatic carbocycles. The molecule has 0 unspecified atom stereocenters. The third-order valence-corrected chi connectivity index (χ3v) is 3.39. The van der Waals surface area contributed by atoms with Crippen molar-refractivity contribution in [3.05, 3.63) is 35.4 Å². The summed E-state index contributed by atoms with van der Waals surface area (Å²) in [7, 11) is 0. The van der Waals surface area contributed by atoms with Crippen molar-refractivity contribution >= 4 is 5.91 Å². The minimum Gasteiger partial charge on any atom is -0.342 e. The largest absolute Gasteiger partial charge is 0.342 e. The fraction of sp³-hybridized carbons (Fsp3) is 0.533. The monoisotopic (exact) mass is 246 g/mol. The van der Waals surface area contributed by atoms with Crippen LogP contribution in [-0.4, -0.2) is 37.0 Å². The molecule has 0 saturated carbocycles. The van der Waals surface area contributed by atoms with Gasteiger partial charge in [0.1, 0.15) is 0 Å². The molecule has 0 aliphatic carbocycles. The zero-order valence-electron chi connectivity index (χ0n) is 11.1. The number of carbonyl (C=O) groups excluding carboxylic acids is 1. The second-order valence-corrected chi connectivity index (χ2v) is 5.00. The van der Waals surface area contributed by atoms with E-state index in [1.165, 1.54) is 5.56 Å². The number of carbonyl (C=O) groups is 1. The number of nitrogens with zero attached hydrogens (tertiary/aromatic N) is 1. The lowest BCUT2D eigenvalue weighted by molar-refractivity contribution is -0.130. The molecule has 1 aliphatic rings. The molecule has 0 spiro atoms. The van der Waals surface area contributed by atoms with Crippen molar-refractivity contribution < 1.29 is 4.79 Å². The Balaban J connectivity index is 1.91. The second kappa shape index (κ2) is 6.55. The lowest BCUT2D eigenvalue weighted by Crippen LogP contribution is -2.38. The molecule has 0 aromatic heterocycles. The first kappa shape index (κ1) is 13.1. The first-order valence-corrected chi connectivity index (χ1v) is 6.80. The van der Waals surface area contributed by atoms with Crippen molar-refractivity contribution in [1.82, 2.24) is 10.2 Å². The number of hydrogen-bond acceptors (Lipinski definition) is 2. The van der Waals surface area contributed by atoms with Crippen LogP contribution in [0.3, 0.4) is 0 Å². The van der Waals surface area contributed by atoms with E-state index in [1.54, 1.807) is 0 Å². The highest BCUT2D eigenvalue weighted by Crippen LogP contribution is 2.07. The van der Waals surface area contributed by atoms with Gasteiger partial charge in [0.15, 0.2) is 0 Å². The molecule has 18 heavy (non-hydrogen) atoms. The first-order chi connectivity index (χ1) is 8.75. The molecule has 1 heterocycles. The van der Waals surface area contributed by atoms with E-state index in [-0.39, 0.29) is 5.91 Å². The maximum atomic E-state index is 12.2. The van der Waals surface area contributed by atoms with E-state index in [0.717, 1.165) is 44.6 Å². The number of nitrogens with one attached hydrogen (secondary N) is 1. The van der Waals surface area contributed by atoms with Gasteiger partial charge in [0.05, 0.1) is 6.42 Å². The number of aryl methyl sites for hydroxylation is 1. The van der Waals surface area contributed by atoms with Crippen molar-refractivity contribution in [3.63, 3.8) is 0 Å². The van der Waals surface area contributed by atoms with Crippen LogP contribution in [0.5, 0.6) is 0 Å². The van der Waals surface area contributed by atoms with Gasteiger partial charge in [-0.2, -0.15) is 0 Å². The van der Waals surface area contributed by atoms with Crippen LogP contribution >= 0.6 is 0 Å². The Morgan fingerprint density at radius 2 is 1.78 bits per heavy atom. The summed E-state index contributed by atoms with van der Waals surface area (Å²) in [4.78, 5) is 14.2. The molecule has 0 atom stereocenters. The van der Waals surface area contributed by atoms with Crippen molar-refractivity contribution in [2.45, 2.75) is 26.2 Å². The molecule has 1 aromatic rings. The summed E-state index contributed by atoms with van der Waals surface area (Å²) >= 11 is 0. The van der Waals surface area contributed by atoms with Gasteiger partial charge < -0.3 is 10.2 Å². The summed E-state index contributed by atoms with van der Waals surface area (Å²) in [6, 6.07) is 8.25. The second-order valence-electron chi connectivity index (χ2n) is 5.00. The van der Waals surface area contributed by atoms with Gasteiger partial charge in [0.2, 0.25) is 5.91 Å². The van der Waals surface area contributed by atoms with Gasteiger partial charge in [-0.25, -0.2) is 0 Å². The number of hydrogen-bond donors (Lipinski definition) is 1. The number of benzene rings is 1. The van der Waals surface area contributed by atoms with Crippen LogP contribution in [0.2, 0.25) is 0 Å². The maximum Gasteiger partial charge on any atom is 0.226 e. The number of rotatable bonds is 2. The Bertz CT molecular complexity index is 378. The fourth-order valence-corrected chi connectivity index (χ4v) is 2.27. The van der Waals surface area contributed by atoms with Crippen molar-refractivity contribution in [1.29, 1.82) is 0 Å². The Kier molecular flexibility index (Phi) is 4.76. The Hall–Kier alpha value is -1.35. The molecular formula is C15H22N2O. The van der Waals surface area contributed by atoms with Gasteiger partial charge in [0, 0.05) is 13.1 Å². The fourth-order valence-electron chi connectivity index (χ4n) is 2.27. The standard InChI is InChI=1S/C15H22N2O/c1-13-4-6-14(7-5-13)12-15(18)17-10-2-8-16-9-3-11-17/h4-7,16H,2-3,8-12H2,1H3. The van der Waals surface area contributed by atoms with Crippen LogP contribution in [0.25, 0.3) is 0 Å². The van der Waals surface area contributed by atoms with Gasteiger partial charge in [-0.05, 0) is 38.4 Å². The van der Waals surface area contributed by atoms with Crippen molar-refractivity contribution in [2.75, 3.05) is 26.2 Å². The van der Waals surface area contributed by atoms with Gasteiger partial charge in [-0.1, -0.05) is 29.8 Å². The van der Waals surface area contributed by atoms with E-state index in [4.69, 9.17) is 0 Å². The van der Waals surface area contributed by atoms with Crippen LogP contribution in [0.1, 0.15) is 24.0 Å². The molecule has 1 N–H and O–H groups in total. The van der Waals surface area contributed by atoms with Gasteiger partial charge >= 0.3 is 0 Å². The molecule has 0 bridgehead atoms. The quantitative estimate of drug-likeness (QED) is 0.862. The van der Waals surface area contributed by atoms with Crippen LogP contribution in [0, 0.1) is 6.92 Å². The zero-order chi connectivity index (χ0) is 12.8. The normalized spacial score (nSPS) is 17.1. The molecule has 1 amide bonds. The minimum absolute atomic E-state index is 0.265. The van der Waals surface area contributed by atoms with Crippen LogP contribution in [-0.2, 0) is 11.2 Å². The van der Waals surface area contributed by atoms with Gasteiger partial charge in [-0.15, -0.1) is 0 Å². The highest BCUT2D eigenvalue weighted by atomic mass is 16.2. The third kappa shape index (κ3) is 3.84. The molecule has 1 aliphatic heterocycles. The average molecular weight is 246 g/mol. The van der Waals surface area contributed by atoms with Crippen molar-refractivity contribution in [3.8, 4) is 0 Å². The van der Waals surface area contributed by atoms with Crippen LogP contribution in [0.4, 0.5) is 0 Å². The summed E-state index contributed by atoms with van der Waals surface area (Å²) in [5, 5.41) is 3.36. The van der Waals surface area contributed by atoms with Crippen LogP contribution in [0.15, 0.2) is 24.3 Å². The summed E-state index contributed by atoms with van der Waals surface area (Å²) in [5.41, 5.74) is 2.36.